The first-order valence-electron chi connectivity index (χ1n) is 7.01. The van der Waals surface area contributed by atoms with Crippen molar-refractivity contribution in [3.8, 4) is 11.4 Å². The van der Waals surface area contributed by atoms with E-state index in [9.17, 15) is 4.79 Å². The summed E-state index contributed by atoms with van der Waals surface area (Å²) in [5, 5.41) is 15.9. The summed E-state index contributed by atoms with van der Waals surface area (Å²) < 4.78 is 7.05. The lowest BCUT2D eigenvalue weighted by molar-refractivity contribution is -0.123. The Bertz CT molecular complexity index is 758. The number of thiophene rings is 1. The summed E-state index contributed by atoms with van der Waals surface area (Å²) in [5.74, 6) is 0.413. The Morgan fingerprint density at radius 1 is 1.39 bits per heavy atom. The number of hydrogen-bond acceptors (Lipinski definition) is 6. The number of tetrazole rings is 1. The average molecular weight is 329 g/mol. The van der Waals surface area contributed by atoms with E-state index < -0.39 is 0 Å². The predicted molar refractivity (Wildman–Crippen MR) is 85.5 cm³/mol. The topological polar surface area (TPSA) is 81.9 Å². The van der Waals surface area contributed by atoms with Crippen molar-refractivity contribution in [2.45, 2.75) is 13.0 Å². The van der Waals surface area contributed by atoms with E-state index in [1.54, 1.807) is 23.5 Å². The van der Waals surface area contributed by atoms with Gasteiger partial charge in [-0.2, -0.15) is 0 Å². The average Bonchev–Trinajstić information content (AvgIpc) is 3.26. The van der Waals surface area contributed by atoms with E-state index in [0.29, 0.717) is 5.75 Å². The van der Waals surface area contributed by atoms with Crippen molar-refractivity contribution in [1.82, 2.24) is 25.5 Å². The maximum absolute atomic E-state index is 12.0. The number of carbonyl (C=O) groups excluding carboxylic acids is 1. The number of rotatable bonds is 6. The predicted octanol–water partition coefficient (Wildman–Crippen LogP) is 1.98. The molecular formula is C15H15N5O2S. The van der Waals surface area contributed by atoms with Gasteiger partial charge < -0.3 is 10.1 Å². The lowest BCUT2D eigenvalue weighted by Crippen LogP contribution is -2.30. The van der Waals surface area contributed by atoms with Crippen molar-refractivity contribution in [1.29, 1.82) is 0 Å². The van der Waals surface area contributed by atoms with Crippen LogP contribution in [-0.2, 0) is 4.79 Å². The zero-order valence-corrected chi connectivity index (χ0v) is 13.2. The lowest BCUT2D eigenvalue weighted by atomic mass is 10.3. The second-order valence-electron chi connectivity index (χ2n) is 4.85. The fourth-order valence-electron chi connectivity index (χ4n) is 2.04. The molecule has 0 fully saturated rings. The highest BCUT2D eigenvalue weighted by Gasteiger charge is 2.11. The number of aromatic nitrogens is 4. The number of amides is 1. The fraction of sp³-hybridized carbons (Fsp3) is 0.200. The van der Waals surface area contributed by atoms with Gasteiger partial charge in [-0.3, -0.25) is 4.79 Å². The van der Waals surface area contributed by atoms with Gasteiger partial charge in [0.15, 0.2) is 6.61 Å². The van der Waals surface area contributed by atoms with E-state index in [2.05, 4.69) is 20.8 Å². The quantitative estimate of drug-likeness (QED) is 0.748. The Labute approximate surface area is 136 Å². The molecule has 0 aliphatic rings. The summed E-state index contributed by atoms with van der Waals surface area (Å²) in [7, 11) is 0. The second-order valence-corrected chi connectivity index (χ2v) is 5.82. The first-order chi connectivity index (χ1) is 11.2. The Morgan fingerprint density at radius 2 is 2.30 bits per heavy atom. The largest absolute Gasteiger partial charge is 0.484 e. The molecule has 23 heavy (non-hydrogen) atoms. The third-order valence-corrected chi connectivity index (χ3v) is 4.20. The SMILES string of the molecule is CC(NC(=O)COc1cccc(-n2cnnn2)c1)c1cccs1. The first-order valence-corrected chi connectivity index (χ1v) is 7.89. The van der Waals surface area contributed by atoms with Crippen LogP contribution in [-0.4, -0.2) is 32.7 Å². The minimum atomic E-state index is -0.168. The molecule has 0 saturated heterocycles. The minimum absolute atomic E-state index is 0.0290. The lowest BCUT2D eigenvalue weighted by Gasteiger charge is -2.13. The van der Waals surface area contributed by atoms with Crippen LogP contribution in [0.3, 0.4) is 0 Å². The molecule has 0 aliphatic heterocycles. The van der Waals surface area contributed by atoms with Crippen molar-refractivity contribution in [3.05, 3.63) is 53.0 Å². The normalized spacial score (nSPS) is 11.9. The summed E-state index contributed by atoms with van der Waals surface area (Å²) in [6.45, 7) is 1.90. The van der Waals surface area contributed by atoms with Gasteiger partial charge in [-0.05, 0) is 40.9 Å². The Morgan fingerprint density at radius 3 is 3.04 bits per heavy atom. The van der Waals surface area contributed by atoms with Crippen LogP contribution < -0.4 is 10.1 Å². The summed E-state index contributed by atoms with van der Waals surface area (Å²) in [6.07, 6.45) is 1.49. The van der Waals surface area contributed by atoms with Crippen LogP contribution >= 0.6 is 11.3 Å². The molecule has 0 aliphatic carbocycles. The summed E-state index contributed by atoms with van der Waals surface area (Å²) in [4.78, 5) is 13.1. The molecular weight excluding hydrogens is 314 g/mol. The van der Waals surface area contributed by atoms with Crippen LogP contribution in [0.2, 0.25) is 0 Å². The second kappa shape index (κ2) is 7.01. The summed E-state index contributed by atoms with van der Waals surface area (Å²) in [6, 6.07) is 11.1. The minimum Gasteiger partial charge on any atom is -0.484 e. The van der Waals surface area contributed by atoms with Gasteiger partial charge in [0.2, 0.25) is 0 Å². The molecule has 118 valence electrons. The van der Waals surface area contributed by atoms with Crippen molar-refractivity contribution >= 4 is 17.2 Å². The molecule has 0 bridgehead atoms. The molecule has 3 rings (SSSR count). The van der Waals surface area contributed by atoms with Crippen molar-refractivity contribution in [2.75, 3.05) is 6.61 Å². The van der Waals surface area contributed by atoms with Crippen molar-refractivity contribution in [3.63, 3.8) is 0 Å². The molecule has 0 radical (unpaired) electrons. The van der Waals surface area contributed by atoms with Crippen LogP contribution in [0.5, 0.6) is 5.75 Å². The monoisotopic (exact) mass is 329 g/mol. The van der Waals surface area contributed by atoms with Gasteiger partial charge in [-0.15, -0.1) is 16.4 Å². The Kier molecular flexibility index (Phi) is 4.62. The molecule has 1 N–H and O–H groups in total. The first kappa shape index (κ1) is 15.2. The Balaban J connectivity index is 1.56. The Hall–Kier alpha value is -2.74. The number of benzene rings is 1. The fourth-order valence-corrected chi connectivity index (χ4v) is 2.77. The zero-order chi connectivity index (χ0) is 16.1. The van der Waals surface area contributed by atoms with Gasteiger partial charge in [-0.1, -0.05) is 12.1 Å². The number of carbonyl (C=O) groups is 1. The number of ether oxygens (including phenoxy) is 1. The summed E-state index contributed by atoms with van der Waals surface area (Å²) in [5.41, 5.74) is 0.764. The zero-order valence-electron chi connectivity index (χ0n) is 12.4. The smallest absolute Gasteiger partial charge is 0.258 e. The van der Waals surface area contributed by atoms with E-state index in [0.717, 1.165) is 10.6 Å². The number of hydrogen-bond donors (Lipinski definition) is 1. The van der Waals surface area contributed by atoms with E-state index in [1.807, 2.05) is 36.6 Å². The molecule has 1 atom stereocenters. The van der Waals surface area contributed by atoms with E-state index in [1.165, 1.54) is 11.0 Å². The van der Waals surface area contributed by atoms with Crippen LogP contribution in [0.1, 0.15) is 17.8 Å². The van der Waals surface area contributed by atoms with Gasteiger partial charge in [0.25, 0.3) is 5.91 Å². The third-order valence-electron chi connectivity index (χ3n) is 3.15. The van der Waals surface area contributed by atoms with Crippen molar-refractivity contribution in [2.24, 2.45) is 0 Å². The molecule has 1 aromatic carbocycles. The van der Waals surface area contributed by atoms with Crippen LogP contribution in [0.4, 0.5) is 0 Å². The molecule has 1 unspecified atom stereocenters. The summed E-state index contributed by atoms with van der Waals surface area (Å²) >= 11 is 1.61. The molecule has 2 heterocycles. The molecule has 7 nitrogen and oxygen atoms in total. The van der Waals surface area contributed by atoms with Crippen molar-refractivity contribution < 1.29 is 9.53 Å². The molecule has 2 aromatic heterocycles. The third kappa shape index (κ3) is 3.92. The number of nitrogens with zero attached hydrogens (tertiary/aromatic N) is 4. The van der Waals surface area contributed by atoms with E-state index >= 15 is 0 Å². The molecule has 8 heteroatoms. The van der Waals surface area contributed by atoms with Gasteiger partial charge in [0.05, 0.1) is 11.7 Å². The molecule has 0 saturated carbocycles. The number of nitrogens with one attached hydrogen (secondary N) is 1. The van der Waals surface area contributed by atoms with Gasteiger partial charge in [0, 0.05) is 10.9 Å². The van der Waals surface area contributed by atoms with Crippen LogP contribution in [0, 0.1) is 0 Å². The maximum atomic E-state index is 12.0. The van der Waals surface area contributed by atoms with Crippen LogP contribution in [0.25, 0.3) is 5.69 Å². The maximum Gasteiger partial charge on any atom is 0.258 e. The van der Waals surface area contributed by atoms with Gasteiger partial charge in [-0.25, -0.2) is 4.68 Å². The van der Waals surface area contributed by atoms with E-state index in [4.69, 9.17) is 4.74 Å². The molecule has 3 aromatic rings. The highest BCUT2D eigenvalue weighted by Crippen LogP contribution is 2.18. The molecule has 0 spiro atoms. The van der Waals surface area contributed by atoms with E-state index in [-0.39, 0.29) is 18.6 Å². The van der Waals surface area contributed by atoms with Gasteiger partial charge >= 0.3 is 0 Å². The van der Waals surface area contributed by atoms with Crippen LogP contribution in [0.15, 0.2) is 48.1 Å². The highest BCUT2D eigenvalue weighted by molar-refractivity contribution is 7.10. The molecule has 1 amide bonds. The standard InChI is InChI=1S/C15H15N5O2S/c1-11(14-6-3-7-23-14)17-15(21)9-22-13-5-2-4-12(8-13)20-10-16-18-19-20/h2-8,10-11H,9H2,1H3,(H,17,21). The van der Waals surface area contributed by atoms with Gasteiger partial charge in [0.1, 0.15) is 12.1 Å². The highest BCUT2D eigenvalue weighted by atomic mass is 32.1.